The van der Waals surface area contributed by atoms with Crippen LogP contribution in [0.3, 0.4) is 0 Å². The Labute approximate surface area is 160 Å². The average Bonchev–Trinajstić information content (AvgIpc) is 3.11. The van der Waals surface area contributed by atoms with E-state index in [-0.39, 0.29) is 18.0 Å². The molecule has 8 heteroatoms. The lowest BCUT2D eigenvalue weighted by Crippen LogP contribution is -2.48. The van der Waals surface area contributed by atoms with Crippen molar-refractivity contribution in [2.45, 2.75) is 39.8 Å². The van der Waals surface area contributed by atoms with E-state index in [9.17, 15) is 4.79 Å². The fourth-order valence-corrected chi connectivity index (χ4v) is 2.55. The van der Waals surface area contributed by atoms with E-state index >= 15 is 0 Å². The number of H-pyrrole nitrogens is 1. The third-order valence-electron chi connectivity index (χ3n) is 3.62. The molecule has 1 aromatic carbocycles. The maximum Gasteiger partial charge on any atom is 0.240 e. The van der Waals surface area contributed by atoms with Crippen molar-refractivity contribution in [3.63, 3.8) is 0 Å². The van der Waals surface area contributed by atoms with E-state index in [4.69, 9.17) is 0 Å². The molecule has 27 heavy (non-hydrogen) atoms. The first-order chi connectivity index (χ1) is 12.8. The summed E-state index contributed by atoms with van der Waals surface area (Å²) in [6.45, 7) is 9.35. The standard InChI is InChI=1S/C19H29N7O/c1-6-20-18(26(5)12-16(27)24-19(2,3)4)21-11-14-8-7-9-15(10-14)17-22-13-23-25-17/h7-10,13H,6,11-12H2,1-5H3,(H,20,21)(H,24,27)(H,22,23,25). The van der Waals surface area contributed by atoms with Gasteiger partial charge in [-0.1, -0.05) is 18.2 Å². The van der Waals surface area contributed by atoms with Crippen LogP contribution in [-0.4, -0.2) is 57.6 Å². The van der Waals surface area contributed by atoms with Crippen molar-refractivity contribution < 1.29 is 4.79 Å². The second-order valence-corrected chi connectivity index (χ2v) is 7.36. The lowest BCUT2D eigenvalue weighted by molar-refractivity contribution is -0.122. The monoisotopic (exact) mass is 371 g/mol. The van der Waals surface area contributed by atoms with Crippen LogP contribution in [-0.2, 0) is 11.3 Å². The van der Waals surface area contributed by atoms with Crippen molar-refractivity contribution in [1.29, 1.82) is 0 Å². The van der Waals surface area contributed by atoms with Crippen molar-refractivity contribution in [3.8, 4) is 11.4 Å². The maximum absolute atomic E-state index is 12.2. The van der Waals surface area contributed by atoms with Crippen LogP contribution in [0.5, 0.6) is 0 Å². The smallest absolute Gasteiger partial charge is 0.240 e. The van der Waals surface area contributed by atoms with E-state index in [2.05, 4.69) is 30.8 Å². The van der Waals surface area contributed by atoms with Gasteiger partial charge in [-0.25, -0.2) is 9.98 Å². The number of aromatic nitrogens is 3. The Bertz CT molecular complexity index is 763. The second-order valence-electron chi connectivity index (χ2n) is 7.36. The maximum atomic E-state index is 12.2. The molecular formula is C19H29N7O. The Morgan fingerprint density at radius 2 is 2.11 bits per heavy atom. The zero-order valence-corrected chi connectivity index (χ0v) is 16.7. The van der Waals surface area contributed by atoms with Crippen molar-refractivity contribution in [2.24, 2.45) is 4.99 Å². The minimum Gasteiger partial charge on any atom is -0.357 e. The van der Waals surface area contributed by atoms with Crippen molar-refractivity contribution in [1.82, 2.24) is 30.7 Å². The van der Waals surface area contributed by atoms with Gasteiger partial charge in [-0.05, 0) is 39.3 Å². The molecular weight excluding hydrogens is 342 g/mol. The molecule has 0 fully saturated rings. The van der Waals surface area contributed by atoms with Crippen LogP contribution in [0, 0.1) is 0 Å². The highest BCUT2D eigenvalue weighted by Gasteiger charge is 2.16. The third-order valence-corrected chi connectivity index (χ3v) is 3.62. The predicted molar refractivity (Wildman–Crippen MR) is 107 cm³/mol. The molecule has 1 aromatic heterocycles. The molecule has 0 aliphatic carbocycles. The summed E-state index contributed by atoms with van der Waals surface area (Å²) in [5, 5.41) is 12.9. The molecule has 8 nitrogen and oxygen atoms in total. The molecule has 0 saturated heterocycles. The van der Waals surface area contributed by atoms with Crippen molar-refractivity contribution in [2.75, 3.05) is 20.1 Å². The molecule has 0 atom stereocenters. The third kappa shape index (κ3) is 6.73. The molecule has 2 aromatic rings. The van der Waals surface area contributed by atoms with Gasteiger partial charge in [0.2, 0.25) is 5.91 Å². The number of nitrogens with zero attached hydrogens (tertiary/aromatic N) is 4. The summed E-state index contributed by atoms with van der Waals surface area (Å²) in [6, 6.07) is 7.98. The lowest BCUT2D eigenvalue weighted by atomic mass is 10.1. The number of guanidine groups is 1. The van der Waals surface area contributed by atoms with E-state index < -0.39 is 0 Å². The molecule has 0 aliphatic rings. The topological polar surface area (TPSA) is 98.3 Å². The number of likely N-dealkylation sites (N-methyl/N-ethyl adjacent to an activating group) is 1. The number of hydrogen-bond donors (Lipinski definition) is 3. The first-order valence-corrected chi connectivity index (χ1v) is 9.03. The summed E-state index contributed by atoms with van der Waals surface area (Å²) >= 11 is 0. The number of nitrogens with one attached hydrogen (secondary N) is 3. The van der Waals surface area contributed by atoms with Crippen molar-refractivity contribution in [3.05, 3.63) is 36.2 Å². The summed E-state index contributed by atoms with van der Waals surface area (Å²) in [6.07, 6.45) is 1.49. The van der Waals surface area contributed by atoms with Crippen LogP contribution in [0.15, 0.2) is 35.6 Å². The molecule has 146 valence electrons. The van der Waals surface area contributed by atoms with Crippen LogP contribution in [0.25, 0.3) is 11.4 Å². The van der Waals surface area contributed by atoms with E-state index in [1.807, 2.05) is 63.9 Å². The molecule has 0 saturated carbocycles. The van der Waals surface area contributed by atoms with Crippen LogP contribution >= 0.6 is 0 Å². The first kappa shape index (κ1) is 20.4. The van der Waals surface area contributed by atoms with Gasteiger partial charge in [0.1, 0.15) is 6.33 Å². The van der Waals surface area contributed by atoms with Gasteiger partial charge in [0, 0.05) is 24.7 Å². The molecule has 2 rings (SSSR count). The Morgan fingerprint density at radius 1 is 1.33 bits per heavy atom. The number of hydrogen-bond acceptors (Lipinski definition) is 4. The largest absolute Gasteiger partial charge is 0.357 e. The van der Waals surface area contributed by atoms with Crippen molar-refractivity contribution >= 4 is 11.9 Å². The predicted octanol–water partition coefficient (Wildman–Crippen LogP) is 1.78. The van der Waals surface area contributed by atoms with Crippen LogP contribution in [0.4, 0.5) is 0 Å². The molecule has 0 radical (unpaired) electrons. The van der Waals surface area contributed by atoms with Gasteiger partial charge in [0.15, 0.2) is 11.8 Å². The van der Waals surface area contributed by atoms with Crippen LogP contribution in [0.1, 0.15) is 33.3 Å². The van der Waals surface area contributed by atoms with Gasteiger partial charge in [-0.2, -0.15) is 5.10 Å². The zero-order chi connectivity index (χ0) is 19.9. The van der Waals surface area contributed by atoms with Crippen LogP contribution in [0.2, 0.25) is 0 Å². The summed E-state index contributed by atoms with van der Waals surface area (Å²) in [4.78, 5) is 22.8. The van der Waals surface area contributed by atoms with Crippen LogP contribution < -0.4 is 10.6 Å². The highest BCUT2D eigenvalue weighted by Crippen LogP contribution is 2.16. The summed E-state index contributed by atoms with van der Waals surface area (Å²) in [5.74, 6) is 1.37. The Hall–Kier alpha value is -2.90. The molecule has 1 heterocycles. The summed E-state index contributed by atoms with van der Waals surface area (Å²) < 4.78 is 0. The van der Waals surface area contributed by atoms with E-state index in [0.29, 0.717) is 12.5 Å². The molecule has 0 aliphatic heterocycles. The highest BCUT2D eigenvalue weighted by molar-refractivity contribution is 5.86. The quantitative estimate of drug-likeness (QED) is 0.531. The summed E-state index contributed by atoms with van der Waals surface area (Å²) in [5.41, 5.74) is 1.75. The minimum atomic E-state index is -0.255. The van der Waals surface area contributed by atoms with Gasteiger partial charge in [-0.15, -0.1) is 0 Å². The van der Waals surface area contributed by atoms with E-state index in [0.717, 1.165) is 23.5 Å². The Kier molecular flexibility index (Phi) is 6.92. The average molecular weight is 371 g/mol. The highest BCUT2D eigenvalue weighted by atomic mass is 16.2. The van der Waals surface area contributed by atoms with E-state index in [1.54, 1.807) is 0 Å². The van der Waals surface area contributed by atoms with Gasteiger partial charge in [0.05, 0.1) is 13.1 Å². The number of carbonyl (C=O) groups is 1. The number of amides is 1. The molecule has 0 spiro atoms. The number of aliphatic imine (C=N–C) groups is 1. The van der Waals surface area contributed by atoms with Gasteiger partial charge >= 0.3 is 0 Å². The number of carbonyl (C=O) groups excluding carboxylic acids is 1. The zero-order valence-electron chi connectivity index (χ0n) is 16.7. The molecule has 1 amide bonds. The SMILES string of the molecule is CCNC(=NCc1cccc(-c2ncn[nH]2)c1)N(C)CC(=O)NC(C)(C)C. The second kappa shape index (κ2) is 9.16. The molecule has 0 bridgehead atoms. The minimum absolute atomic E-state index is 0.0390. The normalized spacial score (nSPS) is 12.0. The number of benzene rings is 1. The fourth-order valence-electron chi connectivity index (χ4n) is 2.55. The Morgan fingerprint density at radius 3 is 2.74 bits per heavy atom. The molecule has 0 unspecified atom stereocenters. The number of rotatable bonds is 6. The summed E-state index contributed by atoms with van der Waals surface area (Å²) in [7, 11) is 1.86. The van der Waals surface area contributed by atoms with E-state index in [1.165, 1.54) is 6.33 Å². The lowest BCUT2D eigenvalue weighted by Gasteiger charge is -2.25. The van der Waals surface area contributed by atoms with Gasteiger partial charge in [0.25, 0.3) is 0 Å². The fraction of sp³-hybridized carbons (Fsp3) is 0.474. The Balaban J connectivity index is 2.06. The van der Waals surface area contributed by atoms with Gasteiger partial charge < -0.3 is 15.5 Å². The van der Waals surface area contributed by atoms with Gasteiger partial charge in [-0.3, -0.25) is 9.89 Å². The first-order valence-electron chi connectivity index (χ1n) is 9.03. The number of aromatic amines is 1. The molecule has 3 N–H and O–H groups in total.